The van der Waals surface area contributed by atoms with Gasteiger partial charge in [0.2, 0.25) is 0 Å². The second kappa shape index (κ2) is 9.20. The van der Waals surface area contributed by atoms with Crippen molar-refractivity contribution in [3.8, 4) is 5.75 Å². The van der Waals surface area contributed by atoms with E-state index in [2.05, 4.69) is 25.8 Å². The van der Waals surface area contributed by atoms with Gasteiger partial charge in [-0.25, -0.2) is 9.78 Å². The lowest BCUT2D eigenvalue weighted by atomic mass is 9.86. The van der Waals surface area contributed by atoms with Crippen LogP contribution in [0.3, 0.4) is 0 Å². The number of carbonyl (C=O) groups is 1. The van der Waals surface area contributed by atoms with E-state index in [1.807, 2.05) is 24.3 Å². The molecule has 0 saturated heterocycles. The first kappa shape index (κ1) is 23.0. The molecule has 1 unspecified atom stereocenters. The second-order valence-corrected chi connectivity index (χ2v) is 9.37. The molecule has 2 aromatic heterocycles. The molecule has 0 radical (unpaired) electrons. The van der Waals surface area contributed by atoms with Crippen molar-refractivity contribution in [2.75, 3.05) is 13.2 Å². The molecule has 3 aromatic rings. The lowest BCUT2D eigenvalue weighted by Crippen LogP contribution is -2.30. The molecule has 0 aliphatic heterocycles. The van der Waals surface area contributed by atoms with E-state index >= 15 is 0 Å². The number of para-hydroxylation sites is 1. The fourth-order valence-corrected chi connectivity index (χ4v) is 4.39. The zero-order valence-electron chi connectivity index (χ0n) is 18.5. The molecular weight excluding hydrogens is 416 g/mol. The minimum absolute atomic E-state index is 0.0312. The number of rotatable bonds is 7. The Kier molecular flexibility index (Phi) is 6.81. The molecule has 2 heterocycles. The highest BCUT2D eigenvalue weighted by molar-refractivity contribution is 7.20. The maximum absolute atomic E-state index is 13.0. The number of fused-ring (bicyclic) bond motifs is 1. The average Bonchev–Trinajstić information content (AvgIpc) is 3.05. The number of ether oxygens (including phenoxy) is 2. The molecule has 0 fully saturated rings. The molecule has 1 aromatic carbocycles. The smallest absolute Gasteiger partial charge is 0.348 e. The fourth-order valence-electron chi connectivity index (χ4n) is 3.36. The molecule has 8 heteroatoms. The number of esters is 1. The van der Waals surface area contributed by atoms with E-state index in [1.165, 1.54) is 10.9 Å². The predicted octanol–water partition coefficient (Wildman–Crippen LogP) is 3.68. The SMILES string of the molecule is CCOC(=O)c1sc2ncn(CC(O)COc3ccccc3C(C)(C)C)c(=O)c2c1C. The van der Waals surface area contributed by atoms with Crippen LogP contribution in [-0.4, -0.2) is 39.9 Å². The lowest BCUT2D eigenvalue weighted by Gasteiger charge is -2.23. The largest absolute Gasteiger partial charge is 0.491 e. The van der Waals surface area contributed by atoms with Crippen LogP contribution in [0.1, 0.15) is 48.5 Å². The van der Waals surface area contributed by atoms with Crippen LogP contribution in [-0.2, 0) is 16.7 Å². The molecule has 3 rings (SSSR count). The number of nitrogens with zero attached hydrogens (tertiary/aromatic N) is 2. The van der Waals surface area contributed by atoms with Gasteiger partial charge in [-0.3, -0.25) is 9.36 Å². The number of aryl methyl sites for hydroxylation is 1. The van der Waals surface area contributed by atoms with Crippen molar-refractivity contribution in [1.82, 2.24) is 9.55 Å². The summed E-state index contributed by atoms with van der Waals surface area (Å²) in [5.41, 5.74) is 1.20. The number of benzene rings is 1. The van der Waals surface area contributed by atoms with Crippen LogP contribution in [0.4, 0.5) is 0 Å². The Balaban J connectivity index is 1.78. The quantitative estimate of drug-likeness (QED) is 0.559. The minimum atomic E-state index is -0.909. The Labute approximate surface area is 185 Å². The highest BCUT2D eigenvalue weighted by Gasteiger charge is 2.22. The maximum atomic E-state index is 13.0. The topological polar surface area (TPSA) is 90.7 Å². The standard InChI is InChI=1S/C23H28N2O5S/c1-6-29-22(28)19-14(2)18-20(31-19)24-13-25(21(18)27)11-15(26)12-30-17-10-8-7-9-16(17)23(3,4)5/h7-10,13,15,26H,6,11-12H2,1-5H3. The summed E-state index contributed by atoms with van der Waals surface area (Å²) >= 11 is 1.14. The summed E-state index contributed by atoms with van der Waals surface area (Å²) in [6.07, 6.45) is 0.482. The maximum Gasteiger partial charge on any atom is 0.348 e. The van der Waals surface area contributed by atoms with Crippen molar-refractivity contribution in [3.05, 3.63) is 57.0 Å². The van der Waals surface area contributed by atoms with E-state index in [0.717, 1.165) is 16.9 Å². The molecule has 0 saturated carbocycles. The van der Waals surface area contributed by atoms with E-state index in [0.29, 0.717) is 26.4 Å². The van der Waals surface area contributed by atoms with Crippen LogP contribution in [0.5, 0.6) is 5.75 Å². The van der Waals surface area contributed by atoms with Gasteiger partial charge in [-0.1, -0.05) is 39.0 Å². The van der Waals surface area contributed by atoms with Crippen LogP contribution in [0.25, 0.3) is 10.2 Å². The van der Waals surface area contributed by atoms with Gasteiger partial charge in [-0.05, 0) is 36.5 Å². The number of hydrogen-bond donors (Lipinski definition) is 1. The zero-order chi connectivity index (χ0) is 22.8. The van der Waals surface area contributed by atoms with Gasteiger partial charge in [0, 0.05) is 0 Å². The number of aliphatic hydroxyl groups is 1. The minimum Gasteiger partial charge on any atom is -0.491 e. The van der Waals surface area contributed by atoms with E-state index in [4.69, 9.17) is 9.47 Å². The van der Waals surface area contributed by atoms with Gasteiger partial charge in [0.1, 0.15) is 28.2 Å². The first-order chi connectivity index (χ1) is 14.6. The molecule has 31 heavy (non-hydrogen) atoms. The number of aromatic nitrogens is 2. The third-order valence-electron chi connectivity index (χ3n) is 4.91. The van der Waals surface area contributed by atoms with Crippen LogP contribution >= 0.6 is 11.3 Å². The van der Waals surface area contributed by atoms with Crippen molar-refractivity contribution in [1.29, 1.82) is 0 Å². The fraction of sp³-hybridized carbons (Fsp3) is 0.435. The summed E-state index contributed by atoms with van der Waals surface area (Å²) in [5.74, 6) is 0.252. The van der Waals surface area contributed by atoms with E-state index in [1.54, 1.807) is 13.8 Å². The normalized spacial score (nSPS) is 12.7. The average molecular weight is 445 g/mol. The van der Waals surface area contributed by atoms with Gasteiger partial charge >= 0.3 is 5.97 Å². The van der Waals surface area contributed by atoms with Crippen LogP contribution < -0.4 is 10.3 Å². The Morgan fingerprint density at radius 1 is 1.29 bits per heavy atom. The number of thiophene rings is 1. The predicted molar refractivity (Wildman–Crippen MR) is 121 cm³/mol. The summed E-state index contributed by atoms with van der Waals surface area (Å²) < 4.78 is 12.3. The van der Waals surface area contributed by atoms with Crippen molar-refractivity contribution in [3.63, 3.8) is 0 Å². The van der Waals surface area contributed by atoms with Crippen LogP contribution in [0.15, 0.2) is 35.4 Å². The molecule has 0 aliphatic carbocycles. The molecule has 0 amide bonds. The molecule has 0 bridgehead atoms. The highest BCUT2D eigenvalue weighted by atomic mass is 32.1. The Morgan fingerprint density at radius 3 is 2.68 bits per heavy atom. The van der Waals surface area contributed by atoms with Crippen molar-refractivity contribution >= 4 is 27.5 Å². The number of carbonyl (C=O) groups excluding carboxylic acids is 1. The van der Waals surface area contributed by atoms with Gasteiger partial charge in [-0.15, -0.1) is 11.3 Å². The third-order valence-corrected chi connectivity index (χ3v) is 6.09. The summed E-state index contributed by atoms with van der Waals surface area (Å²) in [7, 11) is 0. The van der Waals surface area contributed by atoms with Crippen molar-refractivity contribution in [2.24, 2.45) is 0 Å². The Hall–Kier alpha value is -2.71. The Morgan fingerprint density at radius 2 is 2.00 bits per heavy atom. The summed E-state index contributed by atoms with van der Waals surface area (Å²) in [6.45, 7) is 10.1. The van der Waals surface area contributed by atoms with E-state index < -0.39 is 12.1 Å². The summed E-state index contributed by atoms with van der Waals surface area (Å²) in [5, 5.41) is 10.9. The van der Waals surface area contributed by atoms with Crippen LogP contribution in [0, 0.1) is 6.92 Å². The summed E-state index contributed by atoms with van der Waals surface area (Å²) in [6, 6.07) is 7.72. The van der Waals surface area contributed by atoms with Gasteiger partial charge in [-0.2, -0.15) is 0 Å². The zero-order valence-corrected chi connectivity index (χ0v) is 19.3. The second-order valence-electron chi connectivity index (χ2n) is 8.37. The molecule has 0 spiro atoms. The molecule has 1 N–H and O–H groups in total. The third kappa shape index (κ3) is 4.97. The molecule has 0 aliphatic rings. The lowest BCUT2D eigenvalue weighted by molar-refractivity contribution is 0.0531. The molecule has 7 nitrogen and oxygen atoms in total. The highest BCUT2D eigenvalue weighted by Crippen LogP contribution is 2.31. The molecular formula is C23H28N2O5S. The first-order valence-corrected chi connectivity index (χ1v) is 11.0. The number of aliphatic hydroxyl groups excluding tert-OH is 1. The Bertz CT molecular complexity index is 1140. The van der Waals surface area contributed by atoms with Crippen LogP contribution in [0.2, 0.25) is 0 Å². The van der Waals surface area contributed by atoms with E-state index in [-0.39, 0.29) is 30.7 Å². The van der Waals surface area contributed by atoms with Gasteiger partial charge in [0.25, 0.3) is 5.56 Å². The number of hydrogen-bond acceptors (Lipinski definition) is 7. The van der Waals surface area contributed by atoms with Crippen molar-refractivity contribution in [2.45, 2.75) is 52.7 Å². The monoisotopic (exact) mass is 444 g/mol. The van der Waals surface area contributed by atoms with Gasteiger partial charge in [0.05, 0.1) is 24.9 Å². The molecule has 166 valence electrons. The van der Waals surface area contributed by atoms with Gasteiger partial charge in [0.15, 0.2) is 0 Å². The van der Waals surface area contributed by atoms with Crippen molar-refractivity contribution < 1.29 is 19.4 Å². The molecule has 1 atom stereocenters. The van der Waals surface area contributed by atoms with Gasteiger partial charge < -0.3 is 14.6 Å². The van der Waals surface area contributed by atoms with E-state index in [9.17, 15) is 14.7 Å². The first-order valence-electron chi connectivity index (χ1n) is 10.2. The summed E-state index contributed by atoms with van der Waals surface area (Å²) in [4.78, 5) is 30.2.